The molecule has 2 rings (SSSR count). The van der Waals surface area contributed by atoms with Crippen molar-refractivity contribution in [2.75, 3.05) is 50.1 Å². The number of Topliss-reactive ketones (excluding diaryl/α,β-unsaturated/α-hetero) is 1. The van der Waals surface area contributed by atoms with Crippen LogP contribution >= 0.6 is 23.1 Å². The number of aryl methyl sites for hydroxylation is 1. The van der Waals surface area contributed by atoms with Gasteiger partial charge in [-0.2, -0.15) is 11.8 Å². The number of ketones is 1. The molecular formula is C16H23N2O4S2+. The second-order valence-electron chi connectivity index (χ2n) is 6.08. The van der Waals surface area contributed by atoms with Gasteiger partial charge in [-0.25, -0.2) is 4.79 Å². The van der Waals surface area contributed by atoms with Gasteiger partial charge in [-0.05, 0) is 17.9 Å². The van der Waals surface area contributed by atoms with E-state index in [1.54, 1.807) is 6.92 Å². The SMILES string of the molecule is COC(=O)c1scc(C)c1NC(=O)C[N+]1(CC(C)=O)CCSCC1. The highest BCUT2D eigenvalue weighted by molar-refractivity contribution is 7.99. The number of rotatable bonds is 6. The fourth-order valence-corrected chi connectivity index (χ4v) is 5.06. The third kappa shape index (κ3) is 4.58. The van der Waals surface area contributed by atoms with Crippen molar-refractivity contribution in [3.63, 3.8) is 0 Å². The van der Waals surface area contributed by atoms with E-state index in [2.05, 4.69) is 5.32 Å². The van der Waals surface area contributed by atoms with E-state index in [4.69, 9.17) is 4.74 Å². The van der Waals surface area contributed by atoms with E-state index in [0.717, 1.165) is 30.2 Å². The van der Waals surface area contributed by atoms with Crippen molar-refractivity contribution in [2.45, 2.75) is 13.8 Å². The summed E-state index contributed by atoms with van der Waals surface area (Å²) in [6.07, 6.45) is 0. The molecule has 1 N–H and O–H groups in total. The quantitative estimate of drug-likeness (QED) is 0.611. The van der Waals surface area contributed by atoms with E-state index in [1.807, 2.05) is 24.1 Å². The Morgan fingerprint density at radius 2 is 1.92 bits per heavy atom. The summed E-state index contributed by atoms with van der Waals surface area (Å²) >= 11 is 3.11. The molecule has 0 saturated carbocycles. The van der Waals surface area contributed by atoms with Gasteiger partial charge in [0.15, 0.2) is 12.3 Å². The normalized spacial score (nSPS) is 16.5. The summed E-state index contributed by atoms with van der Waals surface area (Å²) in [5.74, 6) is 1.37. The lowest BCUT2D eigenvalue weighted by atomic mass is 10.2. The van der Waals surface area contributed by atoms with Crippen molar-refractivity contribution in [1.82, 2.24) is 0 Å². The summed E-state index contributed by atoms with van der Waals surface area (Å²) in [4.78, 5) is 36.4. The van der Waals surface area contributed by atoms with Crippen molar-refractivity contribution in [3.05, 3.63) is 15.8 Å². The lowest BCUT2D eigenvalue weighted by Crippen LogP contribution is -2.58. The number of thioether (sulfide) groups is 1. The summed E-state index contributed by atoms with van der Waals surface area (Å²) in [6.45, 7) is 5.65. The Morgan fingerprint density at radius 1 is 1.25 bits per heavy atom. The Kier molecular flexibility index (Phi) is 6.42. The molecule has 8 heteroatoms. The molecule has 0 aromatic carbocycles. The molecule has 6 nitrogen and oxygen atoms in total. The summed E-state index contributed by atoms with van der Waals surface area (Å²) in [6, 6.07) is 0. The van der Waals surface area contributed by atoms with E-state index in [0.29, 0.717) is 21.6 Å². The van der Waals surface area contributed by atoms with E-state index in [1.165, 1.54) is 18.4 Å². The number of carbonyl (C=O) groups is 3. The standard InChI is InChI=1S/C16H22N2O4S2/c1-11-10-24-15(16(21)22-3)14(11)17-13(20)9-18(8-12(2)19)4-6-23-7-5-18/h10H,4-9H2,1-3H3/p+1. The Bertz CT molecular complexity index is 636. The number of ether oxygens (including phenoxy) is 1. The van der Waals surface area contributed by atoms with Crippen LogP contribution in [0.4, 0.5) is 5.69 Å². The van der Waals surface area contributed by atoms with Crippen LogP contribution in [0.3, 0.4) is 0 Å². The molecule has 0 spiro atoms. The van der Waals surface area contributed by atoms with Gasteiger partial charge in [0, 0.05) is 18.4 Å². The van der Waals surface area contributed by atoms with Crippen molar-refractivity contribution in [3.8, 4) is 0 Å². The van der Waals surface area contributed by atoms with E-state index < -0.39 is 5.97 Å². The van der Waals surface area contributed by atoms with Crippen LogP contribution in [-0.4, -0.2) is 66.9 Å². The van der Waals surface area contributed by atoms with Gasteiger partial charge in [-0.3, -0.25) is 9.59 Å². The van der Waals surface area contributed by atoms with Crippen LogP contribution in [-0.2, 0) is 14.3 Å². The number of carbonyl (C=O) groups excluding carboxylic acids is 3. The largest absolute Gasteiger partial charge is 0.465 e. The van der Waals surface area contributed by atoms with Crippen molar-refractivity contribution in [1.29, 1.82) is 0 Å². The number of anilines is 1. The van der Waals surface area contributed by atoms with Gasteiger partial charge in [0.1, 0.15) is 11.4 Å². The average Bonchev–Trinajstić information content (AvgIpc) is 2.87. The van der Waals surface area contributed by atoms with Crippen LogP contribution in [0.1, 0.15) is 22.2 Å². The number of amides is 1. The first-order chi connectivity index (χ1) is 11.4. The number of nitrogens with zero attached hydrogens (tertiary/aromatic N) is 1. The van der Waals surface area contributed by atoms with E-state index >= 15 is 0 Å². The summed E-state index contributed by atoms with van der Waals surface area (Å²) in [5, 5.41) is 4.68. The molecule has 0 aliphatic carbocycles. The maximum Gasteiger partial charge on any atom is 0.350 e. The second-order valence-corrected chi connectivity index (χ2v) is 8.19. The third-order valence-electron chi connectivity index (χ3n) is 4.07. The number of thiophene rings is 1. The van der Waals surface area contributed by atoms with Gasteiger partial charge in [-0.1, -0.05) is 0 Å². The first-order valence-corrected chi connectivity index (χ1v) is 9.79. The molecule has 1 aliphatic heterocycles. The Morgan fingerprint density at radius 3 is 2.50 bits per heavy atom. The van der Waals surface area contributed by atoms with Gasteiger partial charge < -0.3 is 14.5 Å². The monoisotopic (exact) mass is 371 g/mol. The summed E-state index contributed by atoms with van der Waals surface area (Å²) in [5.41, 5.74) is 1.35. The molecule has 1 aliphatic rings. The van der Waals surface area contributed by atoms with E-state index in [-0.39, 0.29) is 18.2 Å². The fourth-order valence-electron chi connectivity index (χ4n) is 2.90. The van der Waals surface area contributed by atoms with Gasteiger partial charge in [0.25, 0.3) is 5.91 Å². The number of quaternary nitrogens is 1. The lowest BCUT2D eigenvalue weighted by molar-refractivity contribution is -0.909. The highest BCUT2D eigenvalue weighted by Crippen LogP contribution is 2.28. The van der Waals surface area contributed by atoms with Crippen molar-refractivity contribution >= 4 is 46.4 Å². The predicted octanol–water partition coefficient (Wildman–Crippen LogP) is 1.93. The third-order valence-corrected chi connectivity index (χ3v) is 6.09. The predicted molar refractivity (Wildman–Crippen MR) is 96.8 cm³/mol. The molecule has 132 valence electrons. The molecule has 0 unspecified atom stereocenters. The maximum atomic E-state index is 12.6. The molecule has 0 bridgehead atoms. The van der Waals surface area contributed by atoms with Crippen molar-refractivity contribution < 1.29 is 23.6 Å². The Labute approximate surface area is 150 Å². The van der Waals surface area contributed by atoms with Crippen LogP contribution < -0.4 is 5.32 Å². The molecule has 2 heterocycles. The highest BCUT2D eigenvalue weighted by Gasteiger charge is 2.34. The molecule has 1 saturated heterocycles. The molecule has 24 heavy (non-hydrogen) atoms. The van der Waals surface area contributed by atoms with Crippen molar-refractivity contribution in [2.24, 2.45) is 0 Å². The average molecular weight is 372 g/mol. The minimum Gasteiger partial charge on any atom is -0.465 e. The minimum absolute atomic E-state index is 0.0941. The number of hydrogen-bond acceptors (Lipinski definition) is 6. The van der Waals surface area contributed by atoms with Gasteiger partial charge >= 0.3 is 5.97 Å². The molecular weight excluding hydrogens is 348 g/mol. The first kappa shape index (κ1) is 19.0. The Balaban J connectivity index is 2.13. The zero-order chi connectivity index (χ0) is 17.7. The van der Waals surface area contributed by atoms with E-state index in [9.17, 15) is 14.4 Å². The molecule has 0 atom stereocenters. The topological polar surface area (TPSA) is 72.5 Å². The summed E-state index contributed by atoms with van der Waals surface area (Å²) < 4.78 is 5.25. The lowest BCUT2D eigenvalue weighted by Gasteiger charge is -2.39. The minimum atomic E-state index is -0.453. The number of hydrogen-bond donors (Lipinski definition) is 1. The van der Waals surface area contributed by atoms with Crippen LogP contribution in [0.5, 0.6) is 0 Å². The smallest absolute Gasteiger partial charge is 0.350 e. The molecule has 1 aromatic heterocycles. The first-order valence-electron chi connectivity index (χ1n) is 7.75. The van der Waals surface area contributed by atoms with Crippen LogP contribution in [0.25, 0.3) is 0 Å². The molecule has 0 radical (unpaired) electrons. The number of nitrogens with one attached hydrogen (secondary N) is 1. The highest BCUT2D eigenvalue weighted by atomic mass is 32.2. The van der Waals surface area contributed by atoms with Crippen LogP contribution in [0.2, 0.25) is 0 Å². The second kappa shape index (κ2) is 8.13. The van der Waals surface area contributed by atoms with Gasteiger partial charge in [0.2, 0.25) is 0 Å². The zero-order valence-electron chi connectivity index (χ0n) is 14.2. The number of esters is 1. The maximum absolute atomic E-state index is 12.6. The Hall–Kier alpha value is -1.38. The summed E-state index contributed by atoms with van der Waals surface area (Å²) in [7, 11) is 1.32. The fraction of sp³-hybridized carbons (Fsp3) is 0.562. The van der Waals surface area contributed by atoms with Crippen LogP contribution in [0, 0.1) is 6.92 Å². The zero-order valence-corrected chi connectivity index (χ0v) is 15.8. The van der Waals surface area contributed by atoms with Crippen LogP contribution in [0.15, 0.2) is 5.38 Å². The van der Waals surface area contributed by atoms with Gasteiger partial charge in [0.05, 0.1) is 25.9 Å². The number of methoxy groups -OCH3 is 1. The van der Waals surface area contributed by atoms with Gasteiger partial charge in [-0.15, -0.1) is 11.3 Å². The molecule has 1 amide bonds. The molecule has 1 fully saturated rings. The molecule has 1 aromatic rings.